The summed E-state index contributed by atoms with van der Waals surface area (Å²) in [6.45, 7) is 3.87. The number of benzene rings is 1. The maximum Gasteiger partial charge on any atom is 0.255 e. The molecule has 1 fully saturated rings. The molecule has 0 aliphatic carbocycles. The number of amides is 1. The highest BCUT2D eigenvalue weighted by molar-refractivity contribution is 5.99. The van der Waals surface area contributed by atoms with E-state index >= 15 is 0 Å². The number of ether oxygens (including phenoxy) is 1. The Morgan fingerprint density at radius 1 is 1.33 bits per heavy atom. The van der Waals surface area contributed by atoms with Crippen LogP contribution in [-0.4, -0.2) is 67.3 Å². The SMILES string of the molecule is COc1ccc(C(=O)N2CCCN(CCO)CC2)c(N)c1. The van der Waals surface area contributed by atoms with E-state index < -0.39 is 0 Å². The van der Waals surface area contributed by atoms with E-state index in [0.29, 0.717) is 36.6 Å². The van der Waals surface area contributed by atoms with Gasteiger partial charge in [0.05, 0.1) is 19.3 Å². The van der Waals surface area contributed by atoms with Crippen LogP contribution in [0.4, 0.5) is 5.69 Å². The molecule has 0 spiro atoms. The third-order valence-electron chi connectivity index (χ3n) is 3.78. The largest absolute Gasteiger partial charge is 0.497 e. The van der Waals surface area contributed by atoms with E-state index in [-0.39, 0.29) is 12.5 Å². The van der Waals surface area contributed by atoms with Crippen molar-refractivity contribution in [3.05, 3.63) is 23.8 Å². The summed E-state index contributed by atoms with van der Waals surface area (Å²) in [7, 11) is 1.57. The molecule has 1 heterocycles. The first kappa shape index (κ1) is 15.6. The molecule has 1 amide bonds. The maximum atomic E-state index is 12.6. The standard InChI is InChI=1S/C15H23N3O3/c1-21-12-3-4-13(14(16)11-12)15(20)18-6-2-5-17(7-8-18)9-10-19/h3-4,11,19H,2,5-10,16H2,1H3. The van der Waals surface area contributed by atoms with Gasteiger partial charge in [0, 0.05) is 37.9 Å². The van der Waals surface area contributed by atoms with Crippen molar-refractivity contribution in [2.24, 2.45) is 0 Å². The molecule has 21 heavy (non-hydrogen) atoms. The highest BCUT2D eigenvalue weighted by atomic mass is 16.5. The van der Waals surface area contributed by atoms with Gasteiger partial charge in [-0.25, -0.2) is 0 Å². The number of carbonyl (C=O) groups excluding carboxylic acids is 1. The van der Waals surface area contributed by atoms with Crippen molar-refractivity contribution in [2.45, 2.75) is 6.42 Å². The summed E-state index contributed by atoms with van der Waals surface area (Å²) < 4.78 is 5.10. The molecule has 0 unspecified atom stereocenters. The number of β-amino-alcohol motifs (C(OH)–C–C–N with tert-alkyl or cyclic N) is 1. The Morgan fingerprint density at radius 3 is 2.81 bits per heavy atom. The number of hydrogen-bond acceptors (Lipinski definition) is 5. The number of carbonyl (C=O) groups is 1. The van der Waals surface area contributed by atoms with E-state index in [9.17, 15) is 4.79 Å². The number of nitrogens with zero attached hydrogens (tertiary/aromatic N) is 2. The van der Waals surface area contributed by atoms with Crippen molar-refractivity contribution in [1.82, 2.24) is 9.80 Å². The molecule has 1 aromatic carbocycles. The van der Waals surface area contributed by atoms with Crippen LogP contribution in [0, 0.1) is 0 Å². The van der Waals surface area contributed by atoms with E-state index in [2.05, 4.69) is 4.90 Å². The average molecular weight is 293 g/mol. The molecule has 1 saturated heterocycles. The third-order valence-corrected chi connectivity index (χ3v) is 3.78. The van der Waals surface area contributed by atoms with Crippen molar-refractivity contribution in [3.8, 4) is 5.75 Å². The second-order valence-electron chi connectivity index (χ2n) is 5.16. The summed E-state index contributed by atoms with van der Waals surface area (Å²) in [4.78, 5) is 16.6. The van der Waals surface area contributed by atoms with Crippen LogP contribution in [0.2, 0.25) is 0 Å². The fourth-order valence-corrected chi connectivity index (χ4v) is 2.57. The Hall–Kier alpha value is -1.79. The summed E-state index contributed by atoms with van der Waals surface area (Å²) in [6, 6.07) is 5.13. The Bertz CT molecular complexity index is 493. The highest BCUT2D eigenvalue weighted by Crippen LogP contribution is 2.21. The quantitative estimate of drug-likeness (QED) is 0.787. The molecule has 1 aliphatic rings. The van der Waals surface area contributed by atoms with E-state index in [4.69, 9.17) is 15.6 Å². The molecule has 1 aromatic rings. The Balaban J connectivity index is 2.06. The van der Waals surface area contributed by atoms with Gasteiger partial charge < -0.3 is 20.5 Å². The number of methoxy groups -OCH3 is 1. The molecular weight excluding hydrogens is 270 g/mol. The Morgan fingerprint density at radius 2 is 2.14 bits per heavy atom. The van der Waals surface area contributed by atoms with Crippen molar-refractivity contribution in [1.29, 1.82) is 0 Å². The third kappa shape index (κ3) is 3.86. The molecule has 0 atom stereocenters. The summed E-state index contributed by atoms with van der Waals surface area (Å²) in [5.41, 5.74) is 6.91. The van der Waals surface area contributed by atoms with Crippen LogP contribution in [0.5, 0.6) is 5.75 Å². The lowest BCUT2D eigenvalue weighted by molar-refractivity contribution is 0.0761. The van der Waals surface area contributed by atoms with E-state index in [1.54, 1.807) is 25.3 Å². The minimum Gasteiger partial charge on any atom is -0.497 e. The lowest BCUT2D eigenvalue weighted by Gasteiger charge is -2.22. The number of aliphatic hydroxyl groups is 1. The zero-order chi connectivity index (χ0) is 15.2. The summed E-state index contributed by atoms with van der Waals surface area (Å²) in [5, 5.41) is 9.00. The highest BCUT2D eigenvalue weighted by Gasteiger charge is 2.21. The van der Waals surface area contributed by atoms with Crippen molar-refractivity contribution in [3.63, 3.8) is 0 Å². The molecule has 0 radical (unpaired) electrons. The molecular formula is C15H23N3O3. The number of anilines is 1. The van der Waals surface area contributed by atoms with E-state index in [1.165, 1.54) is 0 Å². The van der Waals surface area contributed by atoms with Crippen LogP contribution in [0.3, 0.4) is 0 Å². The molecule has 6 heteroatoms. The van der Waals surface area contributed by atoms with Crippen molar-refractivity contribution in [2.75, 3.05) is 52.2 Å². The minimum absolute atomic E-state index is 0.0407. The van der Waals surface area contributed by atoms with Gasteiger partial charge in [0.2, 0.25) is 0 Å². The smallest absolute Gasteiger partial charge is 0.255 e. The van der Waals surface area contributed by atoms with Crippen LogP contribution >= 0.6 is 0 Å². The minimum atomic E-state index is -0.0407. The second-order valence-corrected chi connectivity index (χ2v) is 5.16. The number of hydrogen-bond donors (Lipinski definition) is 2. The predicted octanol–water partition coefficient (Wildman–Crippen LogP) is 0.418. The van der Waals surface area contributed by atoms with Crippen LogP contribution < -0.4 is 10.5 Å². The van der Waals surface area contributed by atoms with Gasteiger partial charge in [-0.2, -0.15) is 0 Å². The second kappa shape index (κ2) is 7.28. The molecule has 0 bridgehead atoms. The van der Waals surface area contributed by atoms with Gasteiger partial charge in [-0.15, -0.1) is 0 Å². The average Bonchev–Trinajstić information content (AvgIpc) is 2.72. The van der Waals surface area contributed by atoms with Gasteiger partial charge in [-0.05, 0) is 25.1 Å². The molecule has 0 saturated carbocycles. The zero-order valence-corrected chi connectivity index (χ0v) is 12.4. The first-order valence-corrected chi connectivity index (χ1v) is 7.21. The molecule has 2 rings (SSSR count). The monoisotopic (exact) mass is 293 g/mol. The number of nitrogen functional groups attached to an aromatic ring is 1. The number of nitrogens with two attached hydrogens (primary N) is 1. The van der Waals surface area contributed by atoms with Crippen LogP contribution in [0.1, 0.15) is 16.8 Å². The van der Waals surface area contributed by atoms with Gasteiger partial charge in [0.25, 0.3) is 5.91 Å². The van der Waals surface area contributed by atoms with Gasteiger partial charge in [-0.3, -0.25) is 9.69 Å². The fourth-order valence-electron chi connectivity index (χ4n) is 2.57. The van der Waals surface area contributed by atoms with Crippen LogP contribution in [-0.2, 0) is 0 Å². The Labute approximate surface area is 125 Å². The van der Waals surface area contributed by atoms with E-state index in [0.717, 1.165) is 19.5 Å². The fraction of sp³-hybridized carbons (Fsp3) is 0.533. The summed E-state index contributed by atoms with van der Waals surface area (Å²) >= 11 is 0. The van der Waals surface area contributed by atoms with Gasteiger partial charge in [0.1, 0.15) is 5.75 Å². The summed E-state index contributed by atoms with van der Waals surface area (Å²) in [5.74, 6) is 0.607. The van der Waals surface area contributed by atoms with E-state index in [1.807, 2.05) is 4.90 Å². The number of aliphatic hydroxyl groups excluding tert-OH is 1. The Kier molecular flexibility index (Phi) is 5.41. The van der Waals surface area contributed by atoms with Crippen molar-refractivity contribution >= 4 is 11.6 Å². The maximum absolute atomic E-state index is 12.6. The first-order valence-electron chi connectivity index (χ1n) is 7.21. The van der Waals surface area contributed by atoms with Gasteiger partial charge in [0.15, 0.2) is 0 Å². The molecule has 6 nitrogen and oxygen atoms in total. The number of rotatable bonds is 4. The lowest BCUT2D eigenvalue weighted by Crippen LogP contribution is -2.36. The molecule has 1 aliphatic heterocycles. The summed E-state index contributed by atoms with van der Waals surface area (Å²) in [6.07, 6.45) is 0.905. The van der Waals surface area contributed by atoms with Gasteiger partial charge >= 0.3 is 0 Å². The molecule has 116 valence electrons. The topological polar surface area (TPSA) is 79.0 Å². The predicted molar refractivity (Wildman–Crippen MR) is 81.5 cm³/mol. The van der Waals surface area contributed by atoms with Gasteiger partial charge in [-0.1, -0.05) is 0 Å². The normalized spacial score (nSPS) is 16.6. The molecule has 3 N–H and O–H groups in total. The first-order chi connectivity index (χ1) is 10.2. The lowest BCUT2D eigenvalue weighted by atomic mass is 10.1. The van der Waals surface area contributed by atoms with Crippen molar-refractivity contribution < 1.29 is 14.6 Å². The zero-order valence-electron chi connectivity index (χ0n) is 12.4. The van der Waals surface area contributed by atoms with Crippen LogP contribution in [0.25, 0.3) is 0 Å². The molecule has 0 aromatic heterocycles. The van der Waals surface area contributed by atoms with Crippen LogP contribution in [0.15, 0.2) is 18.2 Å².